The quantitative estimate of drug-likeness (QED) is 0.350. The van der Waals surface area contributed by atoms with Gasteiger partial charge in [-0.25, -0.2) is 10.1 Å². The Labute approximate surface area is 205 Å². The third kappa shape index (κ3) is 4.56. The standard InChI is InChI=1S/C28H21N5O3/c34-25-16-27(28-30-32-33-31-28)36-26-15-19(10-13-23(25)26)9-8-18-4-3-6-22(14-18)35-17-21-12-11-20-5-1-2-7-24(20)29-21/h1-7,10-16H,8-9,17H2,(H,30,31,32,33). The van der Waals surface area contributed by atoms with Gasteiger partial charge >= 0.3 is 0 Å². The summed E-state index contributed by atoms with van der Waals surface area (Å²) in [6.45, 7) is 0.404. The molecular formula is C28H21N5O3. The minimum absolute atomic E-state index is 0.139. The lowest BCUT2D eigenvalue weighted by Gasteiger charge is -2.09. The summed E-state index contributed by atoms with van der Waals surface area (Å²) in [7, 11) is 0. The highest BCUT2D eigenvalue weighted by atomic mass is 16.5. The van der Waals surface area contributed by atoms with E-state index >= 15 is 0 Å². The normalized spacial score (nSPS) is 11.2. The number of para-hydroxylation sites is 1. The molecule has 0 aliphatic rings. The first kappa shape index (κ1) is 21.7. The number of nitrogens with one attached hydrogen (secondary N) is 1. The first-order valence-corrected chi connectivity index (χ1v) is 11.6. The predicted molar refractivity (Wildman–Crippen MR) is 136 cm³/mol. The molecule has 6 aromatic rings. The largest absolute Gasteiger partial charge is 0.487 e. The number of aromatic nitrogens is 5. The van der Waals surface area contributed by atoms with Crippen LogP contribution in [0.4, 0.5) is 0 Å². The smallest absolute Gasteiger partial charge is 0.215 e. The van der Waals surface area contributed by atoms with Crippen molar-refractivity contribution in [2.24, 2.45) is 0 Å². The summed E-state index contributed by atoms with van der Waals surface area (Å²) in [6.07, 6.45) is 1.59. The summed E-state index contributed by atoms with van der Waals surface area (Å²) < 4.78 is 11.9. The molecule has 0 atom stereocenters. The van der Waals surface area contributed by atoms with Crippen molar-refractivity contribution >= 4 is 21.9 Å². The molecule has 0 saturated carbocycles. The molecule has 0 radical (unpaired) electrons. The van der Waals surface area contributed by atoms with Crippen LogP contribution in [0.5, 0.6) is 5.75 Å². The van der Waals surface area contributed by atoms with Gasteiger partial charge in [-0.05, 0) is 70.8 Å². The fourth-order valence-corrected chi connectivity index (χ4v) is 4.16. The third-order valence-corrected chi connectivity index (χ3v) is 6.02. The topological polar surface area (TPSA) is 107 Å². The van der Waals surface area contributed by atoms with E-state index in [9.17, 15) is 4.79 Å². The number of aryl methyl sites for hydroxylation is 2. The highest BCUT2D eigenvalue weighted by Gasteiger charge is 2.11. The molecule has 0 saturated heterocycles. The first-order valence-electron chi connectivity index (χ1n) is 11.6. The molecule has 0 fully saturated rings. The molecule has 0 aliphatic heterocycles. The minimum atomic E-state index is -0.139. The summed E-state index contributed by atoms with van der Waals surface area (Å²) in [5.74, 6) is 1.42. The van der Waals surface area contributed by atoms with Crippen molar-refractivity contribution in [3.8, 4) is 17.3 Å². The molecule has 3 aromatic carbocycles. The molecule has 6 rings (SSSR count). The van der Waals surface area contributed by atoms with Crippen LogP contribution in [-0.2, 0) is 19.4 Å². The van der Waals surface area contributed by atoms with E-state index in [0.29, 0.717) is 29.2 Å². The van der Waals surface area contributed by atoms with Crippen molar-refractivity contribution in [2.75, 3.05) is 0 Å². The summed E-state index contributed by atoms with van der Waals surface area (Å²) in [4.78, 5) is 17.2. The maximum absolute atomic E-state index is 12.5. The zero-order chi connectivity index (χ0) is 24.3. The zero-order valence-electron chi connectivity index (χ0n) is 19.2. The number of nitrogens with zero attached hydrogens (tertiary/aromatic N) is 4. The van der Waals surface area contributed by atoms with Crippen LogP contribution >= 0.6 is 0 Å². The number of tetrazole rings is 1. The number of ether oxygens (including phenoxy) is 1. The Balaban J connectivity index is 1.15. The maximum atomic E-state index is 12.5. The highest BCUT2D eigenvalue weighted by Crippen LogP contribution is 2.22. The Kier molecular flexibility index (Phi) is 5.67. The number of hydrogen-bond donors (Lipinski definition) is 1. The van der Waals surface area contributed by atoms with E-state index in [2.05, 4.69) is 43.8 Å². The lowest BCUT2D eigenvalue weighted by molar-refractivity contribution is 0.301. The number of rotatable bonds is 7. The molecule has 8 heteroatoms. The molecule has 176 valence electrons. The van der Waals surface area contributed by atoms with Crippen molar-refractivity contribution < 1.29 is 9.15 Å². The van der Waals surface area contributed by atoms with Crippen LogP contribution in [-0.4, -0.2) is 25.6 Å². The lowest BCUT2D eigenvalue weighted by Crippen LogP contribution is -2.02. The van der Waals surface area contributed by atoms with E-state index in [1.165, 1.54) is 6.07 Å². The van der Waals surface area contributed by atoms with Crippen LogP contribution in [0.2, 0.25) is 0 Å². The number of fused-ring (bicyclic) bond motifs is 2. The van der Waals surface area contributed by atoms with E-state index in [-0.39, 0.29) is 5.43 Å². The maximum Gasteiger partial charge on any atom is 0.215 e. The van der Waals surface area contributed by atoms with Gasteiger partial charge in [0.1, 0.15) is 17.9 Å². The fourth-order valence-electron chi connectivity index (χ4n) is 4.16. The molecule has 8 nitrogen and oxygen atoms in total. The average molecular weight is 476 g/mol. The Morgan fingerprint density at radius 2 is 1.75 bits per heavy atom. The van der Waals surface area contributed by atoms with Crippen LogP contribution in [0.25, 0.3) is 33.5 Å². The monoisotopic (exact) mass is 475 g/mol. The highest BCUT2D eigenvalue weighted by molar-refractivity contribution is 5.79. The Morgan fingerprint density at radius 3 is 2.64 bits per heavy atom. The van der Waals surface area contributed by atoms with Gasteiger partial charge in [-0.1, -0.05) is 42.5 Å². The second-order valence-corrected chi connectivity index (χ2v) is 8.49. The first-order chi connectivity index (χ1) is 17.7. The van der Waals surface area contributed by atoms with E-state index in [1.54, 1.807) is 6.07 Å². The third-order valence-electron chi connectivity index (χ3n) is 6.02. The summed E-state index contributed by atoms with van der Waals surface area (Å²) in [5.41, 5.74) is 4.43. The van der Waals surface area contributed by atoms with E-state index in [4.69, 9.17) is 9.15 Å². The average Bonchev–Trinajstić information content (AvgIpc) is 3.46. The predicted octanol–water partition coefficient (Wildman–Crippen LogP) is 4.89. The van der Waals surface area contributed by atoms with Gasteiger partial charge in [0.25, 0.3) is 0 Å². The van der Waals surface area contributed by atoms with Gasteiger partial charge < -0.3 is 9.15 Å². The Bertz CT molecular complexity index is 1730. The van der Waals surface area contributed by atoms with Crippen LogP contribution in [0, 0.1) is 0 Å². The Morgan fingerprint density at radius 1 is 0.861 bits per heavy atom. The van der Waals surface area contributed by atoms with Crippen LogP contribution in [0.15, 0.2) is 94.1 Å². The van der Waals surface area contributed by atoms with Gasteiger partial charge in [0.2, 0.25) is 5.82 Å². The molecule has 3 aromatic heterocycles. The van der Waals surface area contributed by atoms with Gasteiger partial charge in [0.15, 0.2) is 11.2 Å². The number of H-pyrrole nitrogens is 1. The summed E-state index contributed by atoms with van der Waals surface area (Å²) in [5, 5.41) is 15.2. The van der Waals surface area contributed by atoms with E-state index < -0.39 is 0 Å². The van der Waals surface area contributed by atoms with Crippen molar-refractivity contribution in [1.29, 1.82) is 0 Å². The minimum Gasteiger partial charge on any atom is -0.487 e. The SMILES string of the molecule is O=c1cc(-c2nnn[nH]2)oc2cc(CCc3cccc(OCc4ccc5ccccc5n4)c3)ccc12. The van der Waals surface area contributed by atoms with Crippen LogP contribution < -0.4 is 10.2 Å². The lowest BCUT2D eigenvalue weighted by atomic mass is 10.0. The Hall–Kier alpha value is -4.85. The number of benzene rings is 3. The molecule has 36 heavy (non-hydrogen) atoms. The van der Waals surface area contributed by atoms with Gasteiger partial charge in [-0.2, -0.15) is 0 Å². The fraction of sp³-hybridized carbons (Fsp3) is 0.107. The molecule has 0 spiro atoms. The van der Waals surface area contributed by atoms with Crippen molar-refractivity contribution in [1.82, 2.24) is 25.6 Å². The molecule has 1 N–H and O–H groups in total. The van der Waals surface area contributed by atoms with E-state index in [1.807, 2.05) is 54.6 Å². The molecular weight excluding hydrogens is 454 g/mol. The summed E-state index contributed by atoms with van der Waals surface area (Å²) >= 11 is 0. The number of hydrogen-bond acceptors (Lipinski definition) is 7. The number of pyridine rings is 1. The molecule has 3 heterocycles. The van der Waals surface area contributed by atoms with Gasteiger partial charge in [-0.3, -0.25) is 4.79 Å². The van der Waals surface area contributed by atoms with Crippen molar-refractivity contribution in [3.63, 3.8) is 0 Å². The number of aromatic amines is 1. The molecule has 0 aliphatic carbocycles. The van der Waals surface area contributed by atoms with Crippen molar-refractivity contribution in [3.05, 3.63) is 112 Å². The molecule has 0 amide bonds. The summed E-state index contributed by atoms with van der Waals surface area (Å²) in [6, 6.07) is 27.2. The second kappa shape index (κ2) is 9.42. The van der Waals surface area contributed by atoms with Crippen LogP contribution in [0.3, 0.4) is 0 Å². The van der Waals surface area contributed by atoms with Gasteiger partial charge in [-0.15, -0.1) is 5.10 Å². The van der Waals surface area contributed by atoms with Crippen molar-refractivity contribution in [2.45, 2.75) is 19.4 Å². The second-order valence-electron chi connectivity index (χ2n) is 8.49. The van der Waals surface area contributed by atoms with E-state index in [0.717, 1.165) is 46.3 Å². The van der Waals surface area contributed by atoms with Crippen LogP contribution in [0.1, 0.15) is 16.8 Å². The van der Waals surface area contributed by atoms with Gasteiger partial charge in [0.05, 0.1) is 16.6 Å². The van der Waals surface area contributed by atoms with Gasteiger partial charge in [0, 0.05) is 11.5 Å². The zero-order valence-corrected chi connectivity index (χ0v) is 19.2. The molecule has 0 unspecified atom stereocenters. The molecule has 0 bridgehead atoms.